The summed E-state index contributed by atoms with van der Waals surface area (Å²) in [4.78, 5) is 13.9. The van der Waals surface area contributed by atoms with E-state index in [9.17, 15) is 4.79 Å². The van der Waals surface area contributed by atoms with Gasteiger partial charge in [0, 0.05) is 4.91 Å². The Morgan fingerprint density at radius 2 is 2.44 bits per heavy atom. The van der Waals surface area contributed by atoms with Crippen molar-refractivity contribution in [3.8, 4) is 0 Å². The van der Waals surface area contributed by atoms with E-state index in [1.807, 2.05) is 0 Å². The molecule has 0 radical (unpaired) electrons. The molecule has 0 fully saturated rings. The average Bonchev–Trinajstić information content (AvgIpc) is 2.64. The van der Waals surface area contributed by atoms with E-state index in [0.717, 1.165) is 0 Å². The number of esters is 1. The van der Waals surface area contributed by atoms with E-state index in [1.165, 1.54) is 6.08 Å². The second kappa shape index (κ2) is 5.63. The lowest BCUT2D eigenvalue weighted by Gasteiger charge is -1.99. The van der Waals surface area contributed by atoms with Crippen LogP contribution < -0.4 is 0 Å². The first-order valence-corrected chi connectivity index (χ1v) is 4.67. The van der Waals surface area contributed by atoms with E-state index in [2.05, 4.69) is 10.0 Å². The molecule has 0 N–H and O–H groups in total. The molecule has 6 nitrogen and oxygen atoms in total. The zero-order valence-corrected chi connectivity index (χ0v) is 9.01. The Balaban J connectivity index is 2.97. The lowest BCUT2D eigenvalue weighted by atomic mass is 10.3. The Morgan fingerprint density at radius 1 is 1.69 bits per heavy atom. The van der Waals surface area contributed by atoms with Gasteiger partial charge in [0.25, 0.3) is 0 Å². The number of hydrogen-bond donors (Lipinski definition) is 0. The number of carbonyl (C=O) groups excluding carboxylic acids is 1. The smallest absolute Gasteiger partial charge is 0.340 e. The molecule has 0 aliphatic rings. The third kappa shape index (κ3) is 3.18. The quantitative estimate of drug-likeness (QED) is 0.257. The van der Waals surface area contributed by atoms with Crippen molar-refractivity contribution in [1.82, 2.24) is 0 Å². The molecular formula is C10H11N3O3. The highest BCUT2D eigenvalue weighted by atomic mass is 16.5. The lowest BCUT2D eigenvalue weighted by molar-refractivity contribution is -0.138. The maximum Gasteiger partial charge on any atom is 0.340 e. The van der Waals surface area contributed by atoms with Gasteiger partial charge in [-0.3, -0.25) is 0 Å². The van der Waals surface area contributed by atoms with Crippen molar-refractivity contribution in [2.45, 2.75) is 13.8 Å². The number of nitrogens with zero attached hydrogens (tertiary/aromatic N) is 3. The van der Waals surface area contributed by atoms with Gasteiger partial charge in [-0.05, 0) is 37.6 Å². The van der Waals surface area contributed by atoms with Crippen LogP contribution in [0.25, 0.3) is 16.5 Å². The fraction of sp³-hybridized carbons (Fsp3) is 0.300. The van der Waals surface area contributed by atoms with E-state index in [4.69, 9.17) is 14.7 Å². The number of azide groups is 1. The Morgan fingerprint density at radius 3 is 2.94 bits per heavy atom. The van der Waals surface area contributed by atoms with Gasteiger partial charge in [-0.15, -0.1) is 0 Å². The number of carbonyl (C=O) groups is 1. The van der Waals surface area contributed by atoms with Crippen LogP contribution in [-0.4, -0.2) is 12.6 Å². The summed E-state index contributed by atoms with van der Waals surface area (Å²) >= 11 is 0. The normalized spacial score (nSPS) is 10.8. The van der Waals surface area contributed by atoms with Gasteiger partial charge in [-0.1, -0.05) is 5.11 Å². The number of hydrogen-bond acceptors (Lipinski definition) is 4. The molecule has 6 heteroatoms. The maximum absolute atomic E-state index is 11.3. The maximum atomic E-state index is 11.3. The largest absolute Gasteiger partial charge is 0.462 e. The number of rotatable bonds is 4. The summed E-state index contributed by atoms with van der Waals surface area (Å²) in [5, 5.41) is 3.25. The van der Waals surface area contributed by atoms with Gasteiger partial charge in [0.1, 0.15) is 17.2 Å². The van der Waals surface area contributed by atoms with Crippen LogP contribution in [-0.2, 0) is 9.53 Å². The Hall–Kier alpha value is -2.20. The molecule has 0 atom stereocenters. The zero-order chi connectivity index (χ0) is 12.0. The third-order valence-corrected chi connectivity index (χ3v) is 1.68. The van der Waals surface area contributed by atoms with Crippen LogP contribution >= 0.6 is 0 Å². The number of ether oxygens (including phenoxy) is 1. The van der Waals surface area contributed by atoms with Crippen LogP contribution in [0, 0.1) is 6.92 Å². The van der Waals surface area contributed by atoms with Crippen molar-refractivity contribution < 1.29 is 13.9 Å². The molecule has 0 saturated carbocycles. The van der Waals surface area contributed by atoms with E-state index in [-0.39, 0.29) is 12.3 Å². The Labute approximate surface area is 92.1 Å². The van der Waals surface area contributed by atoms with Crippen LogP contribution in [0.5, 0.6) is 0 Å². The summed E-state index contributed by atoms with van der Waals surface area (Å²) in [6, 6.07) is 3.41. The molecule has 0 saturated heterocycles. The van der Waals surface area contributed by atoms with Gasteiger partial charge in [-0.2, -0.15) is 0 Å². The van der Waals surface area contributed by atoms with Crippen molar-refractivity contribution in [3.63, 3.8) is 0 Å². The van der Waals surface area contributed by atoms with Gasteiger partial charge in [0.05, 0.1) is 6.61 Å². The summed E-state index contributed by atoms with van der Waals surface area (Å²) in [5.74, 6) is 0.470. The average molecular weight is 221 g/mol. The van der Waals surface area contributed by atoms with E-state index < -0.39 is 5.97 Å². The van der Waals surface area contributed by atoms with Crippen molar-refractivity contribution in [3.05, 3.63) is 39.8 Å². The van der Waals surface area contributed by atoms with Gasteiger partial charge in [0.2, 0.25) is 0 Å². The molecule has 0 amide bonds. The van der Waals surface area contributed by atoms with E-state index in [0.29, 0.717) is 11.5 Å². The molecule has 1 rings (SSSR count). The highest BCUT2D eigenvalue weighted by Crippen LogP contribution is 2.13. The number of aryl methyl sites for hydroxylation is 1. The molecule has 0 spiro atoms. The molecule has 1 aromatic rings. The van der Waals surface area contributed by atoms with Crippen molar-refractivity contribution in [2.24, 2.45) is 5.11 Å². The fourth-order valence-corrected chi connectivity index (χ4v) is 1.05. The molecule has 16 heavy (non-hydrogen) atoms. The zero-order valence-electron chi connectivity index (χ0n) is 9.01. The fourth-order valence-electron chi connectivity index (χ4n) is 1.05. The van der Waals surface area contributed by atoms with Gasteiger partial charge >= 0.3 is 5.97 Å². The predicted molar refractivity (Wildman–Crippen MR) is 57.2 cm³/mol. The summed E-state index contributed by atoms with van der Waals surface area (Å²) in [7, 11) is 0. The Bertz CT molecular complexity index is 456. The molecule has 0 unspecified atom stereocenters. The molecule has 0 aliphatic heterocycles. The molecular weight excluding hydrogens is 210 g/mol. The topological polar surface area (TPSA) is 88.2 Å². The van der Waals surface area contributed by atoms with Crippen LogP contribution in [0.2, 0.25) is 0 Å². The minimum Gasteiger partial charge on any atom is -0.462 e. The van der Waals surface area contributed by atoms with Gasteiger partial charge in [0.15, 0.2) is 0 Å². The van der Waals surface area contributed by atoms with Crippen molar-refractivity contribution in [2.75, 3.05) is 6.61 Å². The monoisotopic (exact) mass is 221 g/mol. The summed E-state index contributed by atoms with van der Waals surface area (Å²) in [6.07, 6.45) is 1.34. The first kappa shape index (κ1) is 11.9. The summed E-state index contributed by atoms with van der Waals surface area (Å²) in [6.45, 7) is 3.66. The van der Waals surface area contributed by atoms with Crippen LogP contribution in [0.4, 0.5) is 0 Å². The first-order chi connectivity index (χ1) is 7.67. The Kier molecular flexibility index (Phi) is 4.17. The molecule has 0 bridgehead atoms. The van der Waals surface area contributed by atoms with Crippen molar-refractivity contribution in [1.29, 1.82) is 0 Å². The minimum atomic E-state index is -0.672. The molecule has 1 heterocycles. The van der Waals surface area contributed by atoms with Crippen LogP contribution in [0.3, 0.4) is 0 Å². The van der Waals surface area contributed by atoms with E-state index in [1.54, 1.807) is 26.0 Å². The molecule has 1 aromatic heterocycles. The summed E-state index contributed by atoms with van der Waals surface area (Å²) in [5.41, 5.74) is 8.19. The van der Waals surface area contributed by atoms with E-state index >= 15 is 0 Å². The van der Waals surface area contributed by atoms with Crippen LogP contribution in [0.15, 0.2) is 27.4 Å². The first-order valence-electron chi connectivity index (χ1n) is 4.67. The standard InChI is InChI=1S/C10H11N3O3/c1-3-15-10(14)9(12-13-11)6-8-5-4-7(2)16-8/h4-6H,3H2,1-2H3/b9-6-. The minimum absolute atomic E-state index is 0.126. The third-order valence-electron chi connectivity index (χ3n) is 1.68. The SMILES string of the molecule is CCOC(=O)/C(=C/c1ccc(C)o1)N=[N+]=[N-]. The second-order valence-electron chi connectivity index (χ2n) is 2.89. The van der Waals surface area contributed by atoms with Crippen LogP contribution in [0.1, 0.15) is 18.4 Å². The molecule has 0 aliphatic carbocycles. The van der Waals surface area contributed by atoms with Crippen molar-refractivity contribution >= 4 is 12.0 Å². The molecule has 84 valence electrons. The predicted octanol–water partition coefficient (Wildman–Crippen LogP) is 2.80. The lowest BCUT2D eigenvalue weighted by Crippen LogP contribution is -2.05. The van der Waals surface area contributed by atoms with Gasteiger partial charge < -0.3 is 9.15 Å². The number of furan rings is 1. The highest BCUT2D eigenvalue weighted by Gasteiger charge is 2.09. The molecule has 0 aromatic carbocycles. The second-order valence-corrected chi connectivity index (χ2v) is 2.89. The highest BCUT2D eigenvalue weighted by molar-refractivity contribution is 5.92. The van der Waals surface area contributed by atoms with Gasteiger partial charge in [-0.25, -0.2) is 4.79 Å². The summed E-state index contributed by atoms with van der Waals surface area (Å²) < 4.78 is 9.94.